The summed E-state index contributed by atoms with van der Waals surface area (Å²) < 4.78 is 32.9. The molecule has 4 rings (SSSR count). The molecule has 2 aliphatic heterocycles. The van der Waals surface area contributed by atoms with Gasteiger partial charge in [-0.1, -0.05) is 18.2 Å². The molecule has 2 atom stereocenters. The summed E-state index contributed by atoms with van der Waals surface area (Å²) in [6.07, 6.45) is 1.41. The van der Waals surface area contributed by atoms with Crippen molar-refractivity contribution in [2.45, 2.75) is 30.7 Å². The average Bonchev–Trinajstić information content (AvgIpc) is 3.00. The minimum atomic E-state index is -3.82. The van der Waals surface area contributed by atoms with Gasteiger partial charge in [0, 0.05) is 17.6 Å². The molecule has 1 aromatic heterocycles. The van der Waals surface area contributed by atoms with Crippen molar-refractivity contribution < 1.29 is 17.9 Å². The van der Waals surface area contributed by atoms with Crippen molar-refractivity contribution in [1.82, 2.24) is 9.29 Å². The van der Waals surface area contributed by atoms with Gasteiger partial charge in [-0.2, -0.15) is 4.31 Å². The highest BCUT2D eigenvalue weighted by Crippen LogP contribution is 2.36. The molecule has 7 heteroatoms. The molecule has 0 unspecified atom stereocenters. The minimum absolute atomic E-state index is 0.0469. The number of rotatable bonds is 2. The van der Waals surface area contributed by atoms with Crippen molar-refractivity contribution in [3.63, 3.8) is 0 Å². The van der Waals surface area contributed by atoms with Crippen LogP contribution in [-0.2, 0) is 19.6 Å². The number of para-hydroxylation sites is 1. The van der Waals surface area contributed by atoms with Crippen LogP contribution in [0.2, 0.25) is 0 Å². The van der Waals surface area contributed by atoms with Crippen LogP contribution in [0, 0.1) is 12.8 Å². The maximum Gasteiger partial charge on any atom is 0.324 e. The van der Waals surface area contributed by atoms with E-state index in [1.165, 1.54) is 4.31 Å². The zero-order valence-electron chi connectivity index (χ0n) is 13.3. The van der Waals surface area contributed by atoms with Crippen LogP contribution in [0.1, 0.15) is 18.5 Å². The third-order valence-corrected chi connectivity index (χ3v) is 6.77. The number of ether oxygens (including phenoxy) is 1. The molecule has 0 radical (unpaired) electrons. The topological polar surface area (TPSA) is 76.6 Å². The highest BCUT2D eigenvalue weighted by atomic mass is 32.2. The van der Waals surface area contributed by atoms with Crippen molar-refractivity contribution in [2.24, 2.45) is 5.92 Å². The van der Waals surface area contributed by atoms with E-state index in [0.29, 0.717) is 25.1 Å². The molecule has 2 aromatic rings. The highest BCUT2D eigenvalue weighted by molar-refractivity contribution is 7.89. The maximum atomic E-state index is 13.2. The second kappa shape index (κ2) is 5.53. The Balaban J connectivity index is 1.84. The first kappa shape index (κ1) is 15.5. The fourth-order valence-corrected chi connectivity index (χ4v) is 5.47. The van der Waals surface area contributed by atoms with Crippen LogP contribution < -0.4 is 0 Å². The highest BCUT2D eigenvalue weighted by Gasteiger charge is 2.48. The smallest absolute Gasteiger partial charge is 0.324 e. The van der Waals surface area contributed by atoms with Gasteiger partial charge in [0.2, 0.25) is 10.0 Å². The van der Waals surface area contributed by atoms with Crippen LogP contribution in [0.3, 0.4) is 0 Å². The molecule has 2 aliphatic rings. The summed E-state index contributed by atoms with van der Waals surface area (Å²) in [7, 11) is -3.82. The third kappa shape index (κ3) is 2.31. The summed E-state index contributed by atoms with van der Waals surface area (Å²) in [5.41, 5.74) is 1.20. The SMILES string of the molecule is Cc1ccc2cccc(S(=O)(=O)N3CC[C@H]4CCOC(=O)[C@@H]43)c2n1. The van der Waals surface area contributed by atoms with E-state index >= 15 is 0 Å². The van der Waals surface area contributed by atoms with E-state index in [1.807, 2.05) is 25.1 Å². The normalized spacial score (nSPS) is 24.8. The Morgan fingerprint density at radius 3 is 2.88 bits per heavy atom. The molecule has 24 heavy (non-hydrogen) atoms. The predicted molar refractivity (Wildman–Crippen MR) is 87.8 cm³/mol. The number of sulfonamides is 1. The molecular formula is C17H18N2O4S. The van der Waals surface area contributed by atoms with Crippen molar-refractivity contribution in [3.05, 3.63) is 36.0 Å². The van der Waals surface area contributed by atoms with Crippen molar-refractivity contribution in [1.29, 1.82) is 0 Å². The molecule has 2 saturated heterocycles. The summed E-state index contributed by atoms with van der Waals surface area (Å²) in [5, 5.41) is 0.767. The summed E-state index contributed by atoms with van der Waals surface area (Å²) in [4.78, 5) is 16.7. The van der Waals surface area contributed by atoms with Crippen LogP contribution in [0.15, 0.2) is 35.2 Å². The summed E-state index contributed by atoms with van der Waals surface area (Å²) in [6.45, 7) is 2.55. The Hall–Kier alpha value is -1.99. The van der Waals surface area contributed by atoms with Gasteiger partial charge in [-0.25, -0.2) is 8.42 Å². The van der Waals surface area contributed by atoms with Crippen LogP contribution in [0.5, 0.6) is 0 Å². The fourth-order valence-electron chi connectivity index (χ4n) is 3.66. The number of pyridine rings is 1. The largest absolute Gasteiger partial charge is 0.464 e. The number of hydrogen-bond acceptors (Lipinski definition) is 5. The number of esters is 1. The van der Waals surface area contributed by atoms with Gasteiger partial charge >= 0.3 is 5.97 Å². The summed E-state index contributed by atoms with van der Waals surface area (Å²) >= 11 is 0. The predicted octanol–water partition coefficient (Wildman–Crippen LogP) is 1.87. The number of carbonyl (C=O) groups is 1. The van der Waals surface area contributed by atoms with E-state index in [0.717, 1.165) is 17.5 Å². The molecule has 2 fully saturated rings. The number of fused-ring (bicyclic) bond motifs is 2. The Labute approximate surface area is 140 Å². The second-order valence-electron chi connectivity index (χ2n) is 6.35. The maximum absolute atomic E-state index is 13.2. The first-order valence-electron chi connectivity index (χ1n) is 8.03. The van der Waals surface area contributed by atoms with Crippen molar-refractivity contribution >= 4 is 26.9 Å². The second-order valence-corrected chi connectivity index (χ2v) is 8.20. The lowest BCUT2D eigenvalue weighted by Gasteiger charge is -2.29. The van der Waals surface area contributed by atoms with Gasteiger partial charge in [-0.05, 0) is 37.8 Å². The van der Waals surface area contributed by atoms with Crippen LogP contribution in [0.4, 0.5) is 0 Å². The molecule has 6 nitrogen and oxygen atoms in total. The third-order valence-electron chi connectivity index (χ3n) is 4.86. The molecule has 3 heterocycles. The average molecular weight is 346 g/mol. The number of carbonyl (C=O) groups excluding carboxylic acids is 1. The Morgan fingerprint density at radius 2 is 2.04 bits per heavy atom. The van der Waals surface area contributed by atoms with E-state index in [-0.39, 0.29) is 10.8 Å². The standard InChI is InChI=1S/C17H18N2O4S/c1-11-5-6-12-3-2-4-14(15(12)18-11)24(21,22)19-9-7-13-8-10-23-17(20)16(13)19/h2-6,13,16H,7-10H2,1H3/t13-,16+/m0/s1. The first-order chi connectivity index (χ1) is 11.5. The lowest BCUT2D eigenvalue weighted by molar-refractivity contribution is -0.153. The number of benzene rings is 1. The van der Waals surface area contributed by atoms with Crippen LogP contribution in [0.25, 0.3) is 10.9 Å². The fraction of sp³-hybridized carbons (Fsp3) is 0.412. The first-order valence-corrected chi connectivity index (χ1v) is 9.47. The molecule has 126 valence electrons. The number of aryl methyl sites for hydroxylation is 1. The van der Waals surface area contributed by atoms with Gasteiger partial charge < -0.3 is 4.74 Å². The van der Waals surface area contributed by atoms with Gasteiger partial charge in [0.15, 0.2) is 0 Å². The molecule has 0 aliphatic carbocycles. The minimum Gasteiger partial charge on any atom is -0.464 e. The van der Waals surface area contributed by atoms with Crippen LogP contribution in [-0.4, -0.2) is 42.9 Å². The molecule has 0 spiro atoms. The molecular weight excluding hydrogens is 328 g/mol. The van der Waals surface area contributed by atoms with Gasteiger partial charge in [0.25, 0.3) is 0 Å². The van der Waals surface area contributed by atoms with E-state index in [9.17, 15) is 13.2 Å². The van der Waals surface area contributed by atoms with Crippen molar-refractivity contribution in [3.8, 4) is 0 Å². The number of hydrogen-bond donors (Lipinski definition) is 0. The monoisotopic (exact) mass is 346 g/mol. The Kier molecular flexibility index (Phi) is 3.58. The zero-order chi connectivity index (χ0) is 16.9. The van der Waals surface area contributed by atoms with Crippen molar-refractivity contribution in [2.75, 3.05) is 13.2 Å². The van der Waals surface area contributed by atoms with E-state index < -0.39 is 22.0 Å². The summed E-state index contributed by atoms with van der Waals surface area (Å²) in [6, 6.07) is 8.11. The van der Waals surface area contributed by atoms with Gasteiger partial charge in [-0.15, -0.1) is 0 Å². The molecule has 0 N–H and O–H groups in total. The van der Waals surface area contributed by atoms with Crippen LogP contribution >= 0.6 is 0 Å². The Bertz CT molecular complexity index is 925. The Morgan fingerprint density at radius 1 is 1.21 bits per heavy atom. The molecule has 0 saturated carbocycles. The number of aromatic nitrogens is 1. The molecule has 1 aromatic carbocycles. The zero-order valence-corrected chi connectivity index (χ0v) is 14.1. The lowest BCUT2D eigenvalue weighted by atomic mass is 9.96. The molecule has 0 bridgehead atoms. The molecule has 0 amide bonds. The number of cyclic esters (lactones) is 1. The number of nitrogens with zero attached hydrogens (tertiary/aromatic N) is 2. The van der Waals surface area contributed by atoms with Gasteiger partial charge in [-0.3, -0.25) is 9.78 Å². The summed E-state index contributed by atoms with van der Waals surface area (Å²) in [5.74, 6) is -0.387. The quantitative estimate of drug-likeness (QED) is 0.776. The van der Waals surface area contributed by atoms with Gasteiger partial charge in [0.1, 0.15) is 10.9 Å². The van der Waals surface area contributed by atoms with Gasteiger partial charge in [0.05, 0.1) is 12.1 Å². The van der Waals surface area contributed by atoms with E-state index in [4.69, 9.17) is 4.74 Å². The lowest BCUT2D eigenvalue weighted by Crippen LogP contribution is -2.46. The van der Waals surface area contributed by atoms with E-state index in [2.05, 4.69) is 4.98 Å². The van der Waals surface area contributed by atoms with E-state index in [1.54, 1.807) is 12.1 Å².